The minimum atomic E-state index is -0.150. The third-order valence-corrected chi connectivity index (χ3v) is 5.08. The average molecular weight is 300 g/mol. The largest absolute Gasteiger partial charge is 0.394 e. The molecule has 0 aromatic heterocycles. The van der Waals surface area contributed by atoms with Crippen molar-refractivity contribution < 1.29 is 5.11 Å². The Morgan fingerprint density at radius 3 is 2.00 bits per heavy atom. The van der Waals surface area contributed by atoms with Gasteiger partial charge in [0.1, 0.15) is 0 Å². The molecule has 3 unspecified atom stereocenters. The average Bonchev–Trinajstić information content (AvgIpc) is 2.52. The maximum atomic E-state index is 9.72. The lowest BCUT2D eigenvalue weighted by Crippen LogP contribution is -2.55. The summed E-state index contributed by atoms with van der Waals surface area (Å²) in [7, 11) is 0. The molecule has 0 bridgehead atoms. The number of hydrogen-bond acceptors (Lipinski definition) is 4. The lowest BCUT2D eigenvalue weighted by atomic mass is 9.93. The van der Waals surface area contributed by atoms with E-state index in [2.05, 4.69) is 49.7 Å². The highest BCUT2D eigenvalue weighted by atomic mass is 16.3. The fourth-order valence-corrected chi connectivity index (χ4v) is 3.28. The van der Waals surface area contributed by atoms with Gasteiger partial charge in [0.2, 0.25) is 0 Å². The molecule has 0 spiro atoms. The lowest BCUT2D eigenvalue weighted by Gasteiger charge is -2.42. The molecule has 4 heteroatoms. The molecule has 0 amide bonds. The van der Waals surface area contributed by atoms with Crippen LogP contribution in [0.1, 0.15) is 53.9 Å². The van der Waals surface area contributed by atoms with Gasteiger partial charge in [-0.15, -0.1) is 0 Å². The standard InChI is InChI=1S/C17H37N3O/c1-6-8-18-17(5,14-21)13-16(4)20-11-9-19(10-12-20)15(3)7-2/h15-16,18,21H,6-14H2,1-5H3. The molecule has 0 aromatic carbocycles. The predicted octanol–water partition coefficient (Wildman–Crippen LogP) is 1.93. The third kappa shape index (κ3) is 5.85. The van der Waals surface area contributed by atoms with Gasteiger partial charge in [0.05, 0.1) is 6.61 Å². The van der Waals surface area contributed by atoms with Crippen molar-refractivity contribution >= 4 is 0 Å². The Hall–Kier alpha value is -0.160. The molecule has 21 heavy (non-hydrogen) atoms. The Balaban J connectivity index is 2.44. The zero-order valence-corrected chi connectivity index (χ0v) is 14.9. The maximum Gasteiger partial charge on any atom is 0.0611 e. The Morgan fingerprint density at radius 1 is 1.05 bits per heavy atom. The van der Waals surface area contributed by atoms with Crippen molar-refractivity contribution in [1.82, 2.24) is 15.1 Å². The normalized spacial score (nSPS) is 23.7. The molecule has 1 heterocycles. The minimum absolute atomic E-state index is 0.150. The zero-order valence-electron chi connectivity index (χ0n) is 14.9. The first-order chi connectivity index (χ1) is 9.95. The highest BCUT2D eigenvalue weighted by Gasteiger charge is 2.29. The van der Waals surface area contributed by atoms with Crippen molar-refractivity contribution in [2.45, 2.75) is 71.5 Å². The third-order valence-electron chi connectivity index (χ3n) is 5.08. The van der Waals surface area contributed by atoms with E-state index in [9.17, 15) is 5.11 Å². The van der Waals surface area contributed by atoms with Crippen molar-refractivity contribution in [3.63, 3.8) is 0 Å². The second-order valence-corrected chi connectivity index (χ2v) is 7.03. The molecule has 1 fully saturated rings. The van der Waals surface area contributed by atoms with Gasteiger partial charge in [-0.05, 0) is 46.6 Å². The van der Waals surface area contributed by atoms with E-state index in [-0.39, 0.29) is 12.1 Å². The van der Waals surface area contributed by atoms with E-state index in [0.29, 0.717) is 12.1 Å². The van der Waals surface area contributed by atoms with Crippen molar-refractivity contribution in [2.24, 2.45) is 0 Å². The number of aliphatic hydroxyl groups excluding tert-OH is 1. The van der Waals surface area contributed by atoms with Gasteiger partial charge in [-0.2, -0.15) is 0 Å². The molecule has 126 valence electrons. The summed E-state index contributed by atoms with van der Waals surface area (Å²) in [6.45, 7) is 17.1. The van der Waals surface area contributed by atoms with Gasteiger partial charge in [0.15, 0.2) is 0 Å². The van der Waals surface area contributed by atoms with Gasteiger partial charge < -0.3 is 10.4 Å². The summed E-state index contributed by atoms with van der Waals surface area (Å²) in [6.07, 6.45) is 3.35. The Morgan fingerprint density at radius 2 is 1.57 bits per heavy atom. The van der Waals surface area contributed by atoms with E-state index < -0.39 is 0 Å². The van der Waals surface area contributed by atoms with Crippen LogP contribution in [0.3, 0.4) is 0 Å². The van der Waals surface area contributed by atoms with Crippen molar-refractivity contribution in [1.29, 1.82) is 0 Å². The highest BCUT2D eigenvalue weighted by Crippen LogP contribution is 2.18. The van der Waals surface area contributed by atoms with Gasteiger partial charge >= 0.3 is 0 Å². The van der Waals surface area contributed by atoms with E-state index in [1.165, 1.54) is 19.5 Å². The molecule has 3 atom stereocenters. The van der Waals surface area contributed by atoms with Crippen LogP contribution in [0, 0.1) is 0 Å². The first kappa shape index (κ1) is 18.9. The summed E-state index contributed by atoms with van der Waals surface area (Å²) in [5.74, 6) is 0. The summed E-state index contributed by atoms with van der Waals surface area (Å²) in [4.78, 5) is 5.18. The monoisotopic (exact) mass is 299 g/mol. The summed E-state index contributed by atoms with van der Waals surface area (Å²) >= 11 is 0. The van der Waals surface area contributed by atoms with E-state index in [4.69, 9.17) is 0 Å². The first-order valence-corrected chi connectivity index (χ1v) is 8.79. The molecule has 1 saturated heterocycles. The fraction of sp³-hybridized carbons (Fsp3) is 1.00. The molecular formula is C17H37N3O. The minimum Gasteiger partial charge on any atom is -0.394 e. The van der Waals surface area contributed by atoms with Gasteiger partial charge in [-0.1, -0.05) is 13.8 Å². The zero-order chi connectivity index (χ0) is 15.9. The number of rotatable bonds is 9. The molecule has 1 rings (SSSR count). The summed E-state index contributed by atoms with van der Waals surface area (Å²) in [6, 6.07) is 1.22. The molecule has 0 aliphatic carbocycles. The van der Waals surface area contributed by atoms with Gasteiger partial charge in [-0.25, -0.2) is 0 Å². The van der Waals surface area contributed by atoms with Crippen molar-refractivity contribution in [3.05, 3.63) is 0 Å². The number of nitrogens with zero attached hydrogens (tertiary/aromatic N) is 2. The first-order valence-electron chi connectivity index (χ1n) is 8.79. The van der Waals surface area contributed by atoms with E-state index in [1.54, 1.807) is 0 Å². The van der Waals surface area contributed by atoms with Crippen LogP contribution in [-0.4, -0.2) is 71.9 Å². The maximum absolute atomic E-state index is 9.72. The molecule has 0 saturated carbocycles. The number of hydrogen-bond donors (Lipinski definition) is 2. The van der Waals surface area contributed by atoms with E-state index in [1.807, 2.05) is 0 Å². The smallest absolute Gasteiger partial charge is 0.0611 e. The number of nitrogens with one attached hydrogen (secondary N) is 1. The number of aliphatic hydroxyl groups is 1. The van der Waals surface area contributed by atoms with Crippen LogP contribution in [0.25, 0.3) is 0 Å². The molecule has 4 nitrogen and oxygen atoms in total. The second kappa shape index (κ2) is 9.09. The molecule has 0 radical (unpaired) electrons. The van der Waals surface area contributed by atoms with E-state index >= 15 is 0 Å². The molecule has 0 aromatic rings. The highest BCUT2D eigenvalue weighted by molar-refractivity contribution is 4.88. The van der Waals surface area contributed by atoms with Crippen LogP contribution in [0.5, 0.6) is 0 Å². The van der Waals surface area contributed by atoms with Crippen LogP contribution in [0.2, 0.25) is 0 Å². The Kier molecular flexibility index (Phi) is 8.17. The van der Waals surface area contributed by atoms with Crippen molar-refractivity contribution in [2.75, 3.05) is 39.3 Å². The summed E-state index contributed by atoms with van der Waals surface area (Å²) in [5, 5.41) is 13.2. The molecule has 1 aliphatic rings. The molecule has 2 N–H and O–H groups in total. The van der Waals surface area contributed by atoms with Crippen LogP contribution >= 0.6 is 0 Å². The summed E-state index contributed by atoms with van der Waals surface area (Å²) in [5.41, 5.74) is -0.150. The SMILES string of the molecule is CCCNC(C)(CO)CC(C)N1CCN(C(C)CC)CC1. The lowest BCUT2D eigenvalue weighted by molar-refractivity contribution is 0.0562. The van der Waals surface area contributed by atoms with Crippen LogP contribution in [0.4, 0.5) is 0 Å². The van der Waals surface area contributed by atoms with Gasteiger partial charge in [0, 0.05) is 43.8 Å². The van der Waals surface area contributed by atoms with Crippen LogP contribution in [0.15, 0.2) is 0 Å². The molecular weight excluding hydrogens is 262 g/mol. The topological polar surface area (TPSA) is 38.7 Å². The quantitative estimate of drug-likeness (QED) is 0.682. The predicted molar refractivity (Wildman–Crippen MR) is 90.8 cm³/mol. The fourth-order valence-electron chi connectivity index (χ4n) is 3.28. The summed E-state index contributed by atoms with van der Waals surface area (Å²) < 4.78 is 0. The van der Waals surface area contributed by atoms with Crippen LogP contribution < -0.4 is 5.32 Å². The van der Waals surface area contributed by atoms with E-state index in [0.717, 1.165) is 32.5 Å². The second-order valence-electron chi connectivity index (χ2n) is 7.03. The van der Waals surface area contributed by atoms with Gasteiger partial charge in [0.25, 0.3) is 0 Å². The van der Waals surface area contributed by atoms with Crippen LogP contribution in [-0.2, 0) is 0 Å². The van der Waals surface area contributed by atoms with Crippen molar-refractivity contribution in [3.8, 4) is 0 Å². The Labute approximate surface area is 131 Å². The molecule has 1 aliphatic heterocycles. The Bertz CT molecular complexity index is 279. The van der Waals surface area contributed by atoms with Gasteiger partial charge in [-0.3, -0.25) is 9.80 Å². The number of piperazine rings is 1.